The zero-order valence-corrected chi connectivity index (χ0v) is 10.1. The molecular formula is C11H8BrNO4. The van der Waals surface area contributed by atoms with Crippen LogP contribution in [0.3, 0.4) is 0 Å². The van der Waals surface area contributed by atoms with Gasteiger partial charge in [0.05, 0.1) is 6.26 Å². The summed E-state index contributed by atoms with van der Waals surface area (Å²) in [6, 6.07) is 2.94. The number of aromatic carboxylic acids is 1. The molecule has 5 nitrogen and oxygen atoms in total. The molecule has 2 aromatic rings. The smallest absolute Gasteiger partial charge is 0.339 e. The number of rotatable bonds is 3. The number of aliphatic hydroxyl groups excluding tert-OH is 1. The van der Waals surface area contributed by atoms with Crippen LogP contribution in [-0.4, -0.2) is 21.2 Å². The molecule has 0 aliphatic heterocycles. The fourth-order valence-electron chi connectivity index (χ4n) is 1.44. The largest absolute Gasteiger partial charge is 0.478 e. The molecule has 0 aliphatic carbocycles. The van der Waals surface area contributed by atoms with Crippen LogP contribution in [-0.2, 0) is 0 Å². The van der Waals surface area contributed by atoms with E-state index in [1.165, 1.54) is 18.5 Å². The number of pyridine rings is 1. The summed E-state index contributed by atoms with van der Waals surface area (Å²) >= 11 is 3.22. The molecule has 2 heterocycles. The summed E-state index contributed by atoms with van der Waals surface area (Å²) in [7, 11) is 0. The Labute approximate surface area is 105 Å². The molecule has 2 rings (SSSR count). The van der Waals surface area contributed by atoms with Gasteiger partial charge >= 0.3 is 5.97 Å². The van der Waals surface area contributed by atoms with Crippen LogP contribution in [0.25, 0.3) is 0 Å². The Bertz CT molecular complexity index is 552. The Balaban J connectivity index is 2.40. The fourth-order valence-corrected chi connectivity index (χ4v) is 1.82. The first-order valence-corrected chi connectivity index (χ1v) is 5.48. The lowest BCUT2D eigenvalue weighted by atomic mass is 10.1. The molecule has 0 aliphatic rings. The highest BCUT2D eigenvalue weighted by Gasteiger charge is 2.22. The van der Waals surface area contributed by atoms with Crippen molar-refractivity contribution in [3.63, 3.8) is 0 Å². The minimum atomic E-state index is -1.15. The van der Waals surface area contributed by atoms with Crippen molar-refractivity contribution in [2.75, 3.05) is 0 Å². The van der Waals surface area contributed by atoms with E-state index in [4.69, 9.17) is 9.52 Å². The molecule has 2 aromatic heterocycles. The first-order chi connectivity index (χ1) is 8.09. The van der Waals surface area contributed by atoms with Crippen molar-refractivity contribution >= 4 is 21.9 Å². The molecule has 0 spiro atoms. The summed E-state index contributed by atoms with van der Waals surface area (Å²) in [5, 5.41) is 18.9. The molecule has 0 saturated carbocycles. The fraction of sp³-hybridized carbons (Fsp3) is 0.0909. The minimum Gasteiger partial charge on any atom is -0.478 e. The molecule has 6 heteroatoms. The van der Waals surface area contributed by atoms with Gasteiger partial charge in [-0.1, -0.05) is 0 Å². The molecule has 2 N–H and O–H groups in total. The normalized spacial score (nSPS) is 12.4. The Kier molecular flexibility index (Phi) is 3.26. The third kappa shape index (κ3) is 2.37. The van der Waals surface area contributed by atoms with Crippen LogP contribution in [0.1, 0.15) is 27.8 Å². The quantitative estimate of drug-likeness (QED) is 0.907. The number of nitrogens with zero attached hydrogens (tertiary/aromatic N) is 1. The molecule has 0 radical (unpaired) electrons. The summed E-state index contributed by atoms with van der Waals surface area (Å²) in [4.78, 5) is 14.8. The second-order valence-corrected chi connectivity index (χ2v) is 4.26. The van der Waals surface area contributed by atoms with E-state index in [-0.39, 0.29) is 11.3 Å². The summed E-state index contributed by atoms with van der Waals surface area (Å²) in [6.45, 7) is 0. The van der Waals surface area contributed by atoms with Crippen LogP contribution in [0.5, 0.6) is 0 Å². The van der Waals surface area contributed by atoms with Crippen LogP contribution >= 0.6 is 15.9 Å². The van der Waals surface area contributed by atoms with Crippen molar-refractivity contribution in [3.05, 3.63) is 52.1 Å². The average Bonchev–Trinajstić information content (AvgIpc) is 2.77. The van der Waals surface area contributed by atoms with Crippen molar-refractivity contribution in [3.8, 4) is 0 Å². The molecule has 0 aromatic carbocycles. The van der Waals surface area contributed by atoms with Crippen LogP contribution in [0.2, 0.25) is 0 Å². The van der Waals surface area contributed by atoms with Crippen molar-refractivity contribution < 1.29 is 19.4 Å². The number of hydrogen-bond donors (Lipinski definition) is 2. The summed E-state index contributed by atoms with van der Waals surface area (Å²) in [6.07, 6.45) is 3.09. The van der Waals surface area contributed by atoms with Crippen molar-refractivity contribution in [2.45, 2.75) is 6.10 Å². The van der Waals surface area contributed by atoms with Gasteiger partial charge in [-0.3, -0.25) is 4.98 Å². The molecule has 88 valence electrons. The Morgan fingerprint density at radius 3 is 2.88 bits per heavy atom. The van der Waals surface area contributed by atoms with E-state index in [1.807, 2.05) is 0 Å². The predicted octanol–water partition coefficient (Wildman–Crippen LogP) is 2.22. The third-order valence-electron chi connectivity index (χ3n) is 2.22. The van der Waals surface area contributed by atoms with Gasteiger partial charge in [-0.15, -0.1) is 0 Å². The van der Waals surface area contributed by atoms with Gasteiger partial charge in [0, 0.05) is 22.4 Å². The lowest BCUT2D eigenvalue weighted by Gasteiger charge is -2.09. The van der Waals surface area contributed by atoms with Crippen LogP contribution < -0.4 is 0 Å². The predicted molar refractivity (Wildman–Crippen MR) is 61.7 cm³/mol. The maximum absolute atomic E-state index is 10.9. The molecule has 0 saturated heterocycles. The van der Waals surface area contributed by atoms with Crippen molar-refractivity contribution in [1.29, 1.82) is 0 Å². The second kappa shape index (κ2) is 4.68. The zero-order valence-electron chi connectivity index (χ0n) is 8.50. The maximum atomic E-state index is 10.9. The van der Waals surface area contributed by atoms with Gasteiger partial charge in [-0.05, 0) is 28.1 Å². The molecule has 0 bridgehead atoms. The molecule has 0 fully saturated rings. The van der Waals surface area contributed by atoms with Gasteiger partial charge in [0.25, 0.3) is 0 Å². The first kappa shape index (κ1) is 11.8. The zero-order chi connectivity index (χ0) is 12.4. The molecule has 0 amide bonds. The van der Waals surface area contributed by atoms with Gasteiger partial charge in [-0.25, -0.2) is 4.79 Å². The van der Waals surface area contributed by atoms with Crippen LogP contribution in [0.4, 0.5) is 0 Å². The second-order valence-electron chi connectivity index (χ2n) is 3.34. The molecule has 1 unspecified atom stereocenters. The number of aliphatic hydroxyl groups is 1. The molecule has 1 atom stereocenters. The molecule has 17 heavy (non-hydrogen) atoms. The van der Waals surface area contributed by atoms with Gasteiger partial charge in [0.1, 0.15) is 11.7 Å². The topological polar surface area (TPSA) is 83.6 Å². The first-order valence-electron chi connectivity index (χ1n) is 4.69. The number of halogens is 1. The van der Waals surface area contributed by atoms with E-state index in [0.717, 1.165) is 0 Å². The number of carboxylic acid groups (broad SMARTS) is 1. The highest BCUT2D eigenvalue weighted by molar-refractivity contribution is 9.10. The maximum Gasteiger partial charge on any atom is 0.339 e. The van der Waals surface area contributed by atoms with E-state index < -0.39 is 12.1 Å². The Morgan fingerprint density at radius 1 is 1.47 bits per heavy atom. The monoisotopic (exact) mass is 297 g/mol. The van der Waals surface area contributed by atoms with Gasteiger partial charge in [0.15, 0.2) is 5.76 Å². The van der Waals surface area contributed by atoms with Crippen LogP contribution in [0, 0.1) is 0 Å². The Hall–Kier alpha value is -1.66. The number of carbonyl (C=O) groups is 1. The van der Waals surface area contributed by atoms with E-state index in [2.05, 4.69) is 20.9 Å². The Morgan fingerprint density at radius 2 is 2.24 bits per heavy atom. The summed E-state index contributed by atoms with van der Waals surface area (Å²) in [5.41, 5.74) is 0.398. The minimum absolute atomic E-state index is 0.00241. The lowest BCUT2D eigenvalue weighted by Crippen LogP contribution is -2.05. The number of aromatic nitrogens is 1. The standard InChI is InChI=1S/C11H8BrNO4/c12-7-3-6(4-13-5-7)9(14)10-8(11(15)16)1-2-17-10/h1-5,9,14H,(H,15,16). The third-order valence-corrected chi connectivity index (χ3v) is 2.65. The number of furan rings is 1. The number of carboxylic acids is 1. The van der Waals surface area contributed by atoms with Gasteiger partial charge in [-0.2, -0.15) is 0 Å². The van der Waals surface area contributed by atoms with Gasteiger partial charge < -0.3 is 14.6 Å². The SMILES string of the molecule is O=C(O)c1ccoc1C(O)c1cncc(Br)c1. The van der Waals surface area contributed by atoms with E-state index in [1.54, 1.807) is 12.3 Å². The highest BCUT2D eigenvalue weighted by atomic mass is 79.9. The van der Waals surface area contributed by atoms with E-state index in [9.17, 15) is 9.90 Å². The summed E-state index contributed by atoms with van der Waals surface area (Å²) in [5.74, 6) is -1.15. The number of hydrogen-bond acceptors (Lipinski definition) is 4. The van der Waals surface area contributed by atoms with Gasteiger partial charge in [0.2, 0.25) is 0 Å². The average molecular weight is 298 g/mol. The van der Waals surface area contributed by atoms with Crippen molar-refractivity contribution in [1.82, 2.24) is 4.98 Å². The lowest BCUT2D eigenvalue weighted by molar-refractivity contribution is 0.0687. The highest BCUT2D eigenvalue weighted by Crippen LogP contribution is 2.26. The summed E-state index contributed by atoms with van der Waals surface area (Å²) < 4.78 is 5.70. The van der Waals surface area contributed by atoms with Crippen LogP contribution in [0.15, 0.2) is 39.7 Å². The van der Waals surface area contributed by atoms with E-state index >= 15 is 0 Å². The van der Waals surface area contributed by atoms with E-state index in [0.29, 0.717) is 10.0 Å². The molecular weight excluding hydrogens is 290 g/mol. The van der Waals surface area contributed by atoms with Crippen molar-refractivity contribution in [2.24, 2.45) is 0 Å².